The van der Waals surface area contributed by atoms with Crippen LogP contribution < -0.4 is 4.74 Å². The summed E-state index contributed by atoms with van der Waals surface area (Å²) in [6, 6.07) is 17.0. The van der Waals surface area contributed by atoms with E-state index in [1.807, 2.05) is 75.4 Å². The molecule has 0 aliphatic heterocycles. The summed E-state index contributed by atoms with van der Waals surface area (Å²) in [7, 11) is 1.61. The minimum absolute atomic E-state index is 0.149. The highest BCUT2D eigenvalue weighted by molar-refractivity contribution is 5.68. The third-order valence-electron chi connectivity index (χ3n) is 4.11. The van der Waals surface area contributed by atoms with Crippen molar-refractivity contribution in [3.8, 4) is 5.75 Å². The van der Waals surface area contributed by atoms with E-state index < -0.39 is 11.7 Å². The second kappa shape index (κ2) is 9.42. The standard InChI is InChI=1S/C22H29NO4/c1-22(2,3)27-21(25)23(15-18-10-12-20(26-4)13-11-18)19(16-24)14-17-8-6-5-7-9-17/h5-13,19,24H,14-16H2,1-4H3/t19-/m0/s1. The van der Waals surface area contributed by atoms with Crippen molar-refractivity contribution >= 4 is 6.09 Å². The monoisotopic (exact) mass is 371 g/mol. The Balaban J connectivity index is 2.24. The summed E-state index contributed by atoms with van der Waals surface area (Å²) in [5.74, 6) is 0.755. The Hall–Kier alpha value is -2.53. The Labute approximate surface area is 161 Å². The van der Waals surface area contributed by atoms with Crippen LogP contribution in [-0.2, 0) is 17.7 Å². The van der Waals surface area contributed by atoms with Gasteiger partial charge in [0.15, 0.2) is 0 Å². The zero-order chi connectivity index (χ0) is 19.9. The Bertz CT molecular complexity index is 707. The van der Waals surface area contributed by atoms with Crippen molar-refractivity contribution in [2.45, 2.75) is 45.4 Å². The quantitative estimate of drug-likeness (QED) is 0.798. The molecule has 27 heavy (non-hydrogen) atoms. The van der Waals surface area contributed by atoms with Gasteiger partial charge in [0.05, 0.1) is 19.8 Å². The van der Waals surface area contributed by atoms with E-state index in [1.165, 1.54) is 0 Å². The first-order chi connectivity index (χ1) is 12.8. The van der Waals surface area contributed by atoms with Crippen LogP contribution in [0.3, 0.4) is 0 Å². The molecule has 0 spiro atoms. The predicted octanol–water partition coefficient (Wildman–Crippen LogP) is 4.04. The van der Waals surface area contributed by atoms with Crippen molar-refractivity contribution in [1.82, 2.24) is 4.90 Å². The number of aliphatic hydroxyl groups is 1. The van der Waals surface area contributed by atoms with E-state index in [-0.39, 0.29) is 12.6 Å². The molecule has 5 heteroatoms. The third-order valence-corrected chi connectivity index (χ3v) is 4.11. The minimum Gasteiger partial charge on any atom is -0.497 e. The number of nitrogens with zero attached hydrogens (tertiary/aromatic N) is 1. The van der Waals surface area contributed by atoms with Gasteiger partial charge in [0.2, 0.25) is 0 Å². The lowest BCUT2D eigenvalue weighted by atomic mass is 10.0. The number of amides is 1. The molecular weight excluding hydrogens is 342 g/mol. The van der Waals surface area contributed by atoms with Crippen LogP contribution in [0.15, 0.2) is 54.6 Å². The van der Waals surface area contributed by atoms with Gasteiger partial charge in [0.25, 0.3) is 0 Å². The van der Waals surface area contributed by atoms with Gasteiger partial charge in [0, 0.05) is 6.54 Å². The number of carbonyl (C=O) groups excluding carboxylic acids is 1. The number of carbonyl (C=O) groups is 1. The first-order valence-corrected chi connectivity index (χ1v) is 9.09. The largest absolute Gasteiger partial charge is 0.497 e. The summed E-state index contributed by atoms with van der Waals surface area (Å²) >= 11 is 0. The fourth-order valence-electron chi connectivity index (χ4n) is 2.75. The minimum atomic E-state index is -0.609. The van der Waals surface area contributed by atoms with Crippen LogP contribution in [0.2, 0.25) is 0 Å². The number of methoxy groups -OCH3 is 1. The number of rotatable bonds is 7. The van der Waals surface area contributed by atoms with E-state index in [9.17, 15) is 9.90 Å². The molecule has 1 amide bonds. The Kier molecular flexibility index (Phi) is 7.25. The van der Waals surface area contributed by atoms with Gasteiger partial charge in [0.1, 0.15) is 11.4 Å². The van der Waals surface area contributed by atoms with Crippen LogP contribution in [0.5, 0.6) is 5.75 Å². The van der Waals surface area contributed by atoms with Crippen LogP contribution in [0.1, 0.15) is 31.9 Å². The second-order valence-electron chi connectivity index (χ2n) is 7.48. The van der Waals surface area contributed by atoms with Gasteiger partial charge in [-0.2, -0.15) is 0 Å². The second-order valence-corrected chi connectivity index (χ2v) is 7.48. The molecule has 2 rings (SSSR count). The molecule has 5 nitrogen and oxygen atoms in total. The van der Waals surface area contributed by atoms with Crippen LogP contribution in [-0.4, -0.2) is 41.5 Å². The zero-order valence-electron chi connectivity index (χ0n) is 16.5. The molecule has 0 fully saturated rings. The number of benzene rings is 2. The fraction of sp³-hybridized carbons (Fsp3) is 0.409. The van der Waals surface area contributed by atoms with Crippen LogP contribution >= 0.6 is 0 Å². The Morgan fingerprint density at radius 3 is 2.19 bits per heavy atom. The lowest BCUT2D eigenvalue weighted by Crippen LogP contribution is -2.45. The predicted molar refractivity (Wildman–Crippen MR) is 106 cm³/mol. The van der Waals surface area contributed by atoms with Crippen LogP contribution in [0.25, 0.3) is 0 Å². The molecule has 1 N–H and O–H groups in total. The summed E-state index contributed by atoms with van der Waals surface area (Å²) in [6.45, 7) is 5.70. The van der Waals surface area contributed by atoms with E-state index in [1.54, 1.807) is 12.0 Å². The molecule has 0 aliphatic rings. The molecule has 0 radical (unpaired) electrons. The number of hydrogen-bond acceptors (Lipinski definition) is 4. The van der Waals surface area contributed by atoms with Crippen LogP contribution in [0, 0.1) is 0 Å². The van der Waals surface area contributed by atoms with Gasteiger partial charge in [-0.05, 0) is 50.5 Å². The van der Waals surface area contributed by atoms with E-state index >= 15 is 0 Å². The van der Waals surface area contributed by atoms with Crippen molar-refractivity contribution in [3.05, 3.63) is 65.7 Å². The van der Waals surface area contributed by atoms with Crippen molar-refractivity contribution < 1.29 is 19.4 Å². The number of hydrogen-bond donors (Lipinski definition) is 1. The van der Waals surface area contributed by atoms with Gasteiger partial charge in [-0.1, -0.05) is 42.5 Å². The smallest absolute Gasteiger partial charge is 0.410 e. The summed E-state index contributed by atoms with van der Waals surface area (Å²) < 4.78 is 10.8. The average Bonchev–Trinajstić information content (AvgIpc) is 2.64. The molecule has 2 aromatic rings. The molecule has 146 valence electrons. The average molecular weight is 371 g/mol. The molecule has 0 aliphatic carbocycles. The topological polar surface area (TPSA) is 59.0 Å². The lowest BCUT2D eigenvalue weighted by Gasteiger charge is -2.33. The molecular formula is C22H29NO4. The maximum atomic E-state index is 12.8. The van der Waals surface area contributed by atoms with E-state index in [0.29, 0.717) is 13.0 Å². The first-order valence-electron chi connectivity index (χ1n) is 9.09. The highest BCUT2D eigenvalue weighted by Crippen LogP contribution is 2.19. The molecule has 0 aromatic heterocycles. The summed E-state index contributed by atoms with van der Waals surface area (Å²) in [6.07, 6.45) is 0.112. The fourth-order valence-corrected chi connectivity index (χ4v) is 2.75. The van der Waals surface area contributed by atoms with Crippen LogP contribution in [0.4, 0.5) is 4.79 Å². The third kappa shape index (κ3) is 6.61. The molecule has 2 aromatic carbocycles. The molecule has 0 heterocycles. The van der Waals surface area contributed by atoms with Gasteiger partial charge >= 0.3 is 6.09 Å². The maximum Gasteiger partial charge on any atom is 0.410 e. The van der Waals surface area contributed by atoms with Crippen molar-refractivity contribution in [2.24, 2.45) is 0 Å². The zero-order valence-corrected chi connectivity index (χ0v) is 16.5. The summed E-state index contributed by atoms with van der Waals surface area (Å²) in [5.41, 5.74) is 1.38. The first kappa shape index (κ1) is 20.8. The van der Waals surface area contributed by atoms with E-state index in [2.05, 4.69) is 0 Å². The summed E-state index contributed by atoms with van der Waals surface area (Å²) in [4.78, 5) is 14.4. The Morgan fingerprint density at radius 2 is 1.67 bits per heavy atom. The number of aliphatic hydroxyl groups excluding tert-OH is 1. The highest BCUT2D eigenvalue weighted by atomic mass is 16.6. The van der Waals surface area contributed by atoms with Gasteiger partial charge in [-0.25, -0.2) is 4.79 Å². The molecule has 0 saturated carbocycles. The number of ether oxygens (including phenoxy) is 2. The Morgan fingerprint density at radius 1 is 1.04 bits per heavy atom. The van der Waals surface area contributed by atoms with Gasteiger partial charge in [-0.15, -0.1) is 0 Å². The van der Waals surface area contributed by atoms with Crippen molar-refractivity contribution in [2.75, 3.05) is 13.7 Å². The normalized spacial score (nSPS) is 12.3. The summed E-state index contributed by atoms with van der Waals surface area (Å²) in [5, 5.41) is 10.00. The highest BCUT2D eigenvalue weighted by Gasteiger charge is 2.28. The lowest BCUT2D eigenvalue weighted by molar-refractivity contribution is 0.00697. The van der Waals surface area contributed by atoms with Crippen molar-refractivity contribution in [3.63, 3.8) is 0 Å². The molecule has 0 unspecified atom stereocenters. The van der Waals surface area contributed by atoms with Gasteiger partial charge < -0.3 is 14.6 Å². The molecule has 1 atom stereocenters. The molecule has 0 saturated heterocycles. The maximum absolute atomic E-state index is 12.8. The van der Waals surface area contributed by atoms with Gasteiger partial charge in [-0.3, -0.25) is 4.90 Å². The van der Waals surface area contributed by atoms with Crippen molar-refractivity contribution in [1.29, 1.82) is 0 Å². The van der Waals surface area contributed by atoms with E-state index in [4.69, 9.17) is 9.47 Å². The SMILES string of the molecule is COc1ccc(CN(C(=O)OC(C)(C)C)[C@H](CO)Cc2ccccc2)cc1. The molecule has 0 bridgehead atoms. The van der Waals surface area contributed by atoms with E-state index in [0.717, 1.165) is 16.9 Å².